The van der Waals surface area contributed by atoms with Crippen LogP contribution in [-0.4, -0.2) is 66.8 Å². The standard InChI is InChI=1S/C22H36O9S/c1-8-16-12(4)19(27-14(6)24)20(28-15(7)25)22(29-16)31-21-11(3)10(2)18(26-13(5)23)17(9-32)30-21/h10-12,16-22,32H,8-9H2,1-7H3/t10-,11-,12-,16-,17-,18?,19+,20-,21-,22-/m1/s1. The van der Waals surface area contributed by atoms with Crippen molar-refractivity contribution in [3.8, 4) is 0 Å². The number of hydrogen-bond donors (Lipinski definition) is 1. The minimum atomic E-state index is -1.00. The predicted octanol–water partition coefficient (Wildman–Crippen LogP) is 2.50. The molecule has 9 nitrogen and oxygen atoms in total. The van der Waals surface area contributed by atoms with Crippen molar-refractivity contribution in [1.82, 2.24) is 0 Å². The van der Waals surface area contributed by atoms with Crippen molar-refractivity contribution in [3.63, 3.8) is 0 Å². The van der Waals surface area contributed by atoms with Crippen molar-refractivity contribution in [2.45, 2.75) is 98.0 Å². The fourth-order valence-electron chi connectivity index (χ4n) is 4.37. The zero-order chi connectivity index (χ0) is 24.2. The van der Waals surface area contributed by atoms with E-state index in [1.165, 1.54) is 20.8 Å². The maximum atomic E-state index is 11.8. The molecule has 1 unspecified atom stereocenters. The van der Waals surface area contributed by atoms with E-state index in [0.717, 1.165) is 0 Å². The number of ether oxygens (including phenoxy) is 6. The maximum Gasteiger partial charge on any atom is 0.303 e. The molecule has 0 radical (unpaired) electrons. The lowest BCUT2D eigenvalue weighted by Gasteiger charge is -2.48. The molecule has 0 aromatic carbocycles. The monoisotopic (exact) mass is 476 g/mol. The van der Waals surface area contributed by atoms with Crippen LogP contribution in [0.25, 0.3) is 0 Å². The van der Waals surface area contributed by atoms with Crippen molar-refractivity contribution in [3.05, 3.63) is 0 Å². The Balaban J connectivity index is 2.28. The quantitative estimate of drug-likeness (QED) is 0.337. The van der Waals surface area contributed by atoms with Crippen molar-refractivity contribution >= 4 is 30.5 Å². The molecule has 10 atom stereocenters. The molecule has 2 rings (SSSR count). The Hall–Kier alpha value is -1.36. The van der Waals surface area contributed by atoms with Crippen LogP contribution in [-0.2, 0) is 42.8 Å². The van der Waals surface area contributed by atoms with Crippen molar-refractivity contribution < 1.29 is 42.8 Å². The fourth-order valence-corrected chi connectivity index (χ4v) is 4.66. The van der Waals surface area contributed by atoms with Crippen LogP contribution in [0.4, 0.5) is 0 Å². The van der Waals surface area contributed by atoms with Gasteiger partial charge < -0.3 is 28.4 Å². The van der Waals surface area contributed by atoms with Gasteiger partial charge in [0.25, 0.3) is 0 Å². The zero-order valence-electron chi connectivity index (χ0n) is 19.8. The van der Waals surface area contributed by atoms with E-state index in [-0.39, 0.29) is 23.9 Å². The highest BCUT2D eigenvalue weighted by Crippen LogP contribution is 2.38. The largest absolute Gasteiger partial charge is 0.459 e. The summed E-state index contributed by atoms with van der Waals surface area (Å²) >= 11 is 4.35. The highest BCUT2D eigenvalue weighted by molar-refractivity contribution is 7.80. The summed E-state index contributed by atoms with van der Waals surface area (Å²) in [5.41, 5.74) is 0. The Morgan fingerprint density at radius 2 is 1.22 bits per heavy atom. The second kappa shape index (κ2) is 11.7. The Labute approximate surface area is 195 Å². The molecule has 2 aliphatic heterocycles. The Bertz CT molecular complexity index is 670. The molecule has 0 aromatic rings. The molecule has 0 N–H and O–H groups in total. The Kier molecular flexibility index (Phi) is 9.81. The molecule has 2 heterocycles. The maximum absolute atomic E-state index is 11.8. The first-order chi connectivity index (χ1) is 15.0. The summed E-state index contributed by atoms with van der Waals surface area (Å²) < 4.78 is 35.0. The Morgan fingerprint density at radius 3 is 1.72 bits per heavy atom. The van der Waals surface area contributed by atoms with Gasteiger partial charge in [0.1, 0.15) is 18.3 Å². The first-order valence-electron chi connectivity index (χ1n) is 11.1. The van der Waals surface area contributed by atoms with Gasteiger partial charge >= 0.3 is 17.9 Å². The topological polar surface area (TPSA) is 107 Å². The normalized spacial score (nSPS) is 39.8. The molecular formula is C22H36O9S. The molecule has 0 aromatic heterocycles. The summed E-state index contributed by atoms with van der Waals surface area (Å²) in [7, 11) is 0. The minimum absolute atomic E-state index is 0.0873. The van der Waals surface area contributed by atoms with Crippen molar-refractivity contribution in [2.24, 2.45) is 17.8 Å². The lowest BCUT2D eigenvalue weighted by Crippen LogP contribution is -2.60. The lowest BCUT2D eigenvalue weighted by atomic mass is 9.84. The summed E-state index contributed by atoms with van der Waals surface area (Å²) in [5, 5.41) is 0. The van der Waals surface area contributed by atoms with Gasteiger partial charge in [-0.3, -0.25) is 14.4 Å². The van der Waals surface area contributed by atoms with Gasteiger partial charge in [0, 0.05) is 44.3 Å². The summed E-state index contributed by atoms with van der Waals surface area (Å²) in [5.74, 6) is -1.57. The van der Waals surface area contributed by atoms with E-state index in [0.29, 0.717) is 12.2 Å². The van der Waals surface area contributed by atoms with Crippen LogP contribution < -0.4 is 0 Å². The third kappa shape index (κ3) is 6.36. The van der Waals surface area contributed by atoms with Gasteiger partial charge in [-0.2, -0.15) is 12.6 Å². The van der Waals surface area contributed by atoms with Gasteiger partial charge in [-0.25, -0.2) is 0 Å². The first-order valence-corrected chi connectivity index (χ1v) is 11.7. The predicted molar refractivity (Wildman–Crippen MR) is 117 cm³/mol. The van der Waals surface area contributed by atoms with E-state index in [1.807, 2.05) is 27.7 Å². The molecule has 0 aliphatic carbocycles. The number of hydrogen-bond acceptors (Lipinski definition) is 10. The number of carbonyl (C=O) groups excluding carboxylic acids is 3. The van der Waals surface area contributed by atoms with Gasteiger partial charge in [0.15, 0.2) is 12.4 Å². The van der Waals surface area contributed by atoms with Gasteiger partial charge in [-0.1, -0.05) is 27.7 Å². The number of esters is 3. The molecule has 10 heteroatoms. The van der Waals surface area contributed by atoms with Crippen molar-refractivity contribution in [1.29, 1.82) is 0 Å². The average Bonchev–Trinajstić information content (AvgIpc) is 2.71. The third-order valence-electron chi connectivity index (χ3n) is 6.21. The molecule has 0 amide bonds. The second-order valence-corrected chi connectivity index (χ2v) is 8.98. The molecule has 32 heavy (non-hydrogen) atoms. The molecule has 2 fully saturated rings. The van der Waals surface area contributed by atoms with E-state index < -0.39 is 54.9 Å². The molecule has 0 bridgehead atoms. The molecule has 2 aliphatic rings. The number of rotatable bonds is 7. The van der Waals surface area contributed by atoms with Crippen LogP contribution >= 0.6 is 12.6 Å². The summed E-state index contributed by atoms with van der Waals surface area (Å²) in [4.78, 5) is 35.1. The summed E-state index contributed by atoms with van der Waals surface area (Å²) in [6, 6.07) is 0. The Morgan fingerprint density at radius 1 is 0.719 bits per heavy atom. The van der Waals surface area contributed by atoms with Gasteiger partial charge in [-0.15, -0.1) is 0 Å². The van der Waals surface area contributed by atoms with Crippen LogP contribution in [0.2, 0.25) is 0 Å². The van der Waals surface area contributed by atoms with Crippen molar-refractivity contribution in [2.75, 3.05) is 5.75 Å². The van der Waals surface area contributed by atoms with E-state index in [1.54, 1.807) is 0 Å². The van der Waals surface area contributed by atoms with Crippen LogP contribution in [0.5, 0.6) is 0 Å². The molecule has 0 saturated carbocycles. The number of thiol groups is 1. The summed E-state index contributed by atoms with van der Waals surface area (Å²) in [6.07, 6.45) is -4.01. The van der Waals surface area contributed by atoms with Gasteiger partial charge in [0.05, 0.1) is 6.10 Å². The van der Waals surface area contributed by atoms with Crippen LogP contribution in [0.15, 0.2) is 0 Å². The minimum Gasteiger partial charge on any atom is -0.459 e. The molecule has 184 valence electrons. The molecular weight excluding hydrogens is 440 g/mol. The van der Waals surface area contributed by atoms with Gasteiger partial charge in [0.2, 0.25) is 6.29 Å². The number of carbonyl (C=O) groups is 3. The third-order valence-corrected chi connectivity index (χ3v) is 6.57. The van der Waals surface area contributed by atoms with Crippen LogP contribution in [0.1, 0.15) is 54.9 Å². The smallest absolute Gasteiger partial charge is 0.303 e. The van der Waals surface area contributed by atoms with E-state index in [4.69, 9.17) is 28.4 Å². The van der Waals surface area contributed by atoms with Gasteiger partial charge in [-0.05, 0) is 6.42 Å². The zero-order valence-corrected chi connectivity index (χ0v) is 20.7. The average molecular weight is 477 g/mol. The van der Waals surface area contributed by atoms with E-state index in [9.17, 15) is 14.4 Å². The molecule has 0 spiro atoms. The second-order valence-electron chi connectivity index (χ2n) is 8.61. The van der Waals surface area contributed by atoms with E-state index in [2.05, 4.69) is 12.6 Å². The molecule has 2 saturated heterocycles. The highest BCUT2D eigenvalue weighted by atomic mass is 32.1. The first kappa shape index (κ1) is 26.9. The lowest BCUT2D eigenvalue weighted by molar-refractivity contribution is -0.357. The highest BCUT2D eigenvalue weighted by Gasteiger charge is 2.51. The fraction of sp³-hybridized carbons (Fsp3) is 0.864. The van der Waals surface area contributed by atoms with E-state index >= 15 is 0 Å². The van der Waals surface area contributed by atoms with Crippen LogP contribution in [0.3, 0.4) is 0 Å². The SMILES string of the molecule is CC[C@H]1O[C@H](O[C@H]2O[C@H](CS)C(OC(C)=O)[C@H](C)[C@H]2C)[C@H](OC(C)=O)[C@@H](OC(C)=O)[C@@H]1C. The summed E-state index contributed by atoms with van der Waals surface area (Å²) in [6.45, 7) is 11.7. The van der Waals surface area contributed by atoms with Crippen LogP contribution in [0, 0.1) is 17.8 Å².